The van der Waals surface area contributed by atoms with Gasteiger partial charge in [-0.2, -0.15) is 0 Å². The summed E-state index contributed by atoms with van der Waals surface area (Å²) in [4.78, 5) is 0. The zero-order valence-corrected chi connectivity index (χ0v) is 10.9. The van der Waals surface area contributed by atoms with Crippen LogP contribution in [0.15, 0.2) is 48.5 Å². The van der Waals surface area contributed by atoms with Crippen LogP contribution >= 0.6 is 11.6 Å². The van der Waals surface area contributed by atoms with E-state index in [4.69, 9.17) is 17.3 Å². The molecule has 0 saturated heterocycles. The average Bonchev–Trinajstić information content (AvgIpc) is 2.32. The molecule has 0 aliphatic carbocycles. The van der Waals surface area contributed by atoms with Gasteiger partial charge in [-0.15, -0.1) is 0 Å². The van der Waals surface area contributed by atoms with E-state index in [-0.39, 0.29) is 5.82 Å². The van der Waals surface area contributed by atoms with E-state index in [1.54, 1.807) is 24.3 Å². The number of hydrogen-bond donors (Lipinski definition) is 1. The van der Waals surface area contributed by atoms with Gasteiger partial charge < -0.3 is 5.73 Å². The third-order valence-corrected chi connectivity index (χ3v) is 3.33. The van der Waals surface area contributed by atoms with Crippen molar-refractivity contribution in [3.63, 3.8) is 0 Å². The maximum Gasteiger partial charge on any atom is 0.126 e. The summed E-state index contributed by atoms with van der Waals surface area (Å²) >= 11 is 6.14. The molecular weight excluding hydrogens is 249 g/mol. The molecule has 0 aromatic heterocycles. The predicted molar refractivity (Wildman–Crippen MR) is 73.1 cm³/mol. The Morgan fingerprint density at radius 2 is 1.72 bits per heavy atom. The lowest BCUT2D eigenvalue weighted by atomic mass is 9.86. The molecule has 0 heterocycles. The lowest BCUT2D eigenvalue weighted by Crippen LogP contribution is -2.36. The molecule has 0 saturated carbocycles. The Morgan fingerprint density at radius 1 is 1.11 bits per heavy atom. The quantitative estimate of drug-likeness (QED) is 0.893. The number of benzene rings is 2. The van der Waals surface area contributed by atoms with Crippen LogP contribution in [0.3, 0.4) is 0 Å². The fraction of sp³-hybridized carbons (Fsp3) is 0.200. The van der Waals surface area contributed by atoms with E-state index in [0.717, 1.165) is 5.56 Å². The van der Waals surface area contributed by atoms with Crippen molar-refractivity contribution in [2.24, 2.45) is 5.73 Å². The molecule has 1 atom stereocenters. The normalized spacial score (nSPS) is 14.2. The van der Waals surface area contributed by atoms with Gasteiger partial charge >= 0.3 is 0 Å². The summed E-state index contributed by atoms with van der Waals surface area (Å²) in [5.41, 5.74) is 7.02. The van der Waals surface area contributed by atoms with Gasteiger partial charge in [-0.3, -0.25) is 0 Å². The molecule has 0 radical (unpaired) electrons. The second-order valence-corrected chi connectivity index (χ2v) is 5.07. The molecule has 2 aromatic rings. The highest BCUT2D eigenvalue weighted by Gasteiger charge is 2.25. The van der Waals surface area contributed by atoms with Crippen LogP contribution in [0.5, 0.6) is 0 Å². The van der Waals surface area contributed by atoms with Gasteiger partial charge in [-0.05, 0) is 36.6 Å². The molecule has 2 N–H and O–H groups in total. The first-order valence-corrected chi connectivity index (χ1v) is 6.16. The van der Waals surface area contributed by atoms with Gasteiger partial charge in [0.1, 0.15) is 5.82 Å². The summed E-state index contributed by atoms with van der Waals surface area (Å²) in [6.07, 6.45) is 0.406. The van der Waals surface area contributed by atoms with Crippen LogP contribution in [0.4, 0.5) is 4.39 Å². The number of hydrogen-bond acceptors (Lipinski definition) is 1. The minimum absolute atomic E-state index is 0.235. The highest BCUT2D eigenvalue weighted by Crippen LogP contribution is 2.29. The maximum absolute atomic E-state index is 13.6. The van der Waals surface area contributed by atoms with E-state index >= 15 is 0 Å². The summed E-state index contributed by atoms with van der Waals surface area (Å²) in [5, 5.41) is 0.610. The Kier molecular flexibility index (Phi) is 3.69. The standard InChI is InChI=1S/C15H15ClFN/c1-15(18,12-7-3-4-8-13(12)16)10-11-6-2-5-9-14(11)17/h2-9H,10,18H2,1H3. The first-order chi connectivity index (χ1) is 8.50. The second-order valence-electron chi connectivity index (χ2n) is 4.67. The molecule has 94 valence electrons. The monoisotopic (exact) mass is 263 g/mol. The smallest absolute Gasteiger partial charge is 0.126 e. The minimum atomic E-state index is -0.694. The predicted octanol–water partition coefficient (Wildman–Crippen LogP) is 3.90. The van der Waals surface area contributed by atoms with Crippen molar-refractivity contribution in [2.45, 2.75) is 18.9 Å². The molecule has 0 fully saturated rings. The van der Waals surface area contributed by atoms with Crippen LogP contribution in [0.1, 0.15) is 18.1 Å². The van der Waals surface area contributed by atoms with Gasteiger partial charge in [0.2, 0.25) is 0 Å². The van der Waals surface area contributed by atoms with E-state index < -0.39 is 5.54 Å². The number of halogens is 2. The largest absolute Gasteiger partial charge is 0.321 e. The molecule has 0 aliphatic heterocycles. The number of nitrogens with two attached hydrogens (primary N) is 1. The minimum Gasteiger partial charge on any atom is -0.321 e. The van der Waals surface area contributed by atoms with E-state index in [0.29, 0.717) is 17.0 Å². The van der Waals surface area contributed by atoms with Crippen LogP contribution in [0.2, 0.25) is 5.02 Å². The fourth-order valence-corrected chi connectivity index (χ4v) is 2.41. The average molecular weight is 264 g/mol. The fourth-order valence-electron chi connectivity index (χ4n) is 2.06. The lowest BCUT2D eigenvalue weighted by Gasteiger charge is -2.26. The van der Waals surface area contributed by atoms with E-state index in [1.807, 2.05) is 25.1 Å². The summed E-state index contributed by atoms with van der Waals surface area (Å²) < 4.78 is 13.6. The molecule has 18 heavy (non-hydrogen) atoms. The lowest BCUT2D eigenvalue weighted by molar-refractivity contribution is 0.475. The molecule has 1 unspecified atom stereocenters. The Morgan fingerprint density at radius 3 is 2.39 bits per heavy atom. The van der Waals surface area contributed by atoms with Crippen molar-refractivity contribution in [3.8, 4) is 0 Å². The summed E-state index contributed by atoms with van der Waals surface area (Å²) in [6, 6.07) is 14.1. The highest BCUT2D eigenvalue weighted by molar-refractivity contribution is 6.31. The van der Waals surface area contributed by atoms with Crippen LogP contribution in [-0.4, -0.2) is 0 Å². The Balaban J connectivity index is 2.33. The van der Waals surface area contributed by atoms with Gasteiger partial charge in [0.15, 0.2) is 0 Å². The summed E-state index contributed by atoms with van der Waals surface area (Å²) in [5.74, 6) is -0.235. The third kappa shape index (κ3) is 2.71. The van der Waals surface area contributed by atoms with Crippen molar-refractivity contribution < 1.29 is 4.39 Å². The van der Waals surface area contributed by atoms with Crippen molar-refractivity contribution in [1.82, 2.24) is 0 Å². The zero-order chi connectivity index (χ0) is 13.2. The molecule has 0 amide bonds. The molecule has 0 aliphatic rings. The van der Waals surface area contributed by atoms with Gasteiger partial charge in [0.25, 0.3) is 0 Å². The first kappa shape index (κ1) is 13.1. The SMILES string of the molecule is CC(N)(Cc1ccccc1F)c1ccccc1Cl. The van der Waals surface area contributed by atoms with Crippen molar-refractivity contribution in [2.75, 3.05) is 0 Å². The van der Waals surface area contributed by atoms with E-state index in [9.17, 15) is 4.39 Å². The number of rotatable bonds is 3. The van der Waals surface area contributed by atoms with Crippen molar-refractivity contribution in [1.29, 1.82) is 0 Å². The Labute approximate surface area is 111 Å². The van der Waals surface area contributed by atoms with Crippen LogP contribution in [0, 0.1) is 5.82 Å². The molecule has 0 bridgehead atoms. The van der Waals surface area contributed by atoms with Crippen LogP contribution in [-0.2, 0) is 12.0 Å². The van der Waals surface area contributed by atoms with Gasteiger partial charge in [0.05, 0.1) is 0 Å². The molecule has 3 heteroatoms. The topological polar surface area (TPSA) is 26.0 Å². The molecular formula is C15H15ClFN. The van der Waals surface area contributed by atoms with Gasteiger partial charge in [-0.1, -0.05) is 48.0 Å². The van der Waals surface area contributed by atoms with Gasteiger partial charge in [0, 0.05) is 10.6 Å². The van der Waals surface area contributed by atoms with Crippen LogP contribution < -0.4 is 5.73 Å². The zero-order valence-electron chi connectivity index (χ0n) is 10.2. The van der Waals surface area contributed by atoms with Crippen LogP contribution in [0.25, 0.3) is 0 Å². The summed E-state index contributed by atoms with van der Waals surface area (Å²) in [7, 11) is 0. The Hall–Kier alpha value is -1.38. The maximum atomic E-state index is 13.6. The summed E-state index contributed by atoms with van der Waals surface area (Å²) in [6.45, 7) is 1.86. The highest BCUT2D eigenvalue weighted by atomic mass is 35.5. The molecule has 0 spiro atoms. The van der Waals surface area contributed by atoms with Crippen molar-refractivity contribution in [3.05, 3.63) is 70.5 Å². The third-order valence-electron chi connectivity index (χ3n) is 3.00. The molecule has 2 aromatic carbocycles. The second kappa shape index (κ2) is 5.09. The van der Waals surface area contributed by atoms with E-state index in [1.165, 1.54) is 6.07 Å². The first-order valence-electron chi connectivity index (χ1n) is 5.78. The Bertz CT molecular complexity index is 552. The molecule has 1 nitrogen and oxygen atoms in total. The van der Waals surface area contributed by atoms with E-state index in [2.05, 4.69) is 0 Å². The van der Waals surface area contributed by atoms with Gasteiger partial charge in [-0.25, -0.2) is 4.39 Å². The molecule has 2 rings (SSSR count). The van der Waals surface area contributed by atoms with Crippen molar-refractivity contribution >= 4 is 11.6 Å².